The second kappa shape index (κ2) is 14.2. The van der Waals surface area contributed by atoms with Gasteiger partial charge in [0.25, 0.3) is 0 Å². The quantitative estimate of drug-likeness (QED) is 0.194. The Morgan fingerprint density at radius 2 is 2.10 bits per heavy atom. The van der Waals surface area contributed by atoms with Crippen LogP contribution in [0.3, 0.4) is 0 Å². The number of hydrogen-bond acceptors (Lipinski definition) is 5. The van der Waals surface area contributed by atoms with Gasteiger partial charge in [0.2, 0.25) is 0 Å². The summed E-state index contributed by atoms with van der Waals surface area (Å²) in [7, 11) is 1.73. The third kappa shape index (κ3) is 8.25. The van der Waals surface area contributed by atoms with Crippen molar-refractivity contribution in [3.05, 3.63) is 48.4 Å². The molecule has 0 aliphatic carbocycles. The summed E-state index contributed by atoms with van der Waals surface area (Å²) in [6.45, 7) is 7.82. The van der Waals surface area contributed by atoms with Crippen LogP contribution in [0.2, 0.25) is 0 Å². The number of ether oxygens (including phenoxy) is 2. The van der Waals surface area contributed by atoms with Crippen LogP contribution < -0.4 is 20.3 Å². The molecule has 7 nitrogen and oxygen atoms in total. The number of hydrogen-bond donors (Lipinski definition) is 2. The third-order valence-corrected chi connectivity index (χ3v) is 5.15. The highest BCUT2D eigenvalue weighted by Crippen LogP contribution is 2.31. The number of guanidine groups is 1. The summed E-state index contributed by atoms with van der Waals surface area (Å²) in [5.41, 5.74) is 1.17. The molecule has 2 aromatic rings. The molecule has 1 aliphatic heterocycles. The van der Waals surface area contributed by atoms with E-state index in [1.807, 2.05) is 24.3 Å². The number of benzene rings is 1. The Balaban J connectivity index is 0.00000341. The molecule has 2 heterocycles. The second-order valence-corrected chi connectivity index (χ2v) is 7.40. The molecule has 8 heteroatoms. The highest BCUT2D eigenvalue weighted by molar-refractivity contribution is 14.0. The molecule has 0 bridgehead atoms. The van der Waals surface area contributed by atoms with Crippen LogP contribution in [0, 0.1) is 5.92 Å². The highest BCUT2D eigenvalue weighted by Gasteiger charge is 2.24. The predicted octanol–water partition coefficient (Wildman–Crippen LogP) is 3.89. The molecule has 1 unspecified atom stereocenters. The minimum Gasteiger partial charge on any atom is -0.495 e. The van der Waals surface area contributed by atoms with E-state index in [1.165, 1.54) is 5.69 Å². The van der Waals surface area contributed by atoms with Gasteiger partial charge in [-0.3, -0.25) is 4.99 Å². The molecule has 172 valence electrons. The molecule has 1 fully saturated rings. The Bertz CT molecular complexity index is 770. The maximum absolute atomic E-state index is 5.62. The number of furan rings is 1. The summed E-state index contributed by atoms with van der Waals surface area (Å²) in [6.07, 6.45) is 3.72. The Morgan fingerprint density at radius 1 is 1.23 bits per heavy atom. The van der Waals surface area contributed by atoms with Gasteiger partial charge >= 0.3 is 0 Å². The lowest BCUT2D eigenvalue weighted by molar-refractivity contribution is 0.105. The molecule has 2 N–H and O–H groups in total. The first kappa shape index (κ1) is 25.3. The van der Waals surface area contributed by atoms with Gasteiger partial charge in [-0.15, -0.1) is 24.0 Å². The number of rotatable bonds is 11. The lowest BCUT2D eigenvalue weighted by atomic mass is 10.1. The number of methoxy groups -OCH3 is 1. The van der Waals surface area contributed by atoms with Gasteiger partial charge in [-0.2, -0.15) is 0 Å². The van der Waals surface area contributed by atoms with Gasteiger partial charge in [0.15, 0.2) is 5.96 Å². The van der Waals surface area contributed by atoms with Crippen molar-refractivity contribution in [3.63, 3.8) is 0 Å². The summed E-state index contributed by atoms with van der Waals surface area (Å²) >= 11 is 0. The standard InChI is InChI=1S/C23H34N4O3.HI/c1-3-24-23(25-12-7-14-29-18-20-8-6-15-30-20)26-16-19-11-13-27(17-19)21-9-4-5-10-22(21)28-2;/h4-6,8-10,15,19H,3,7,11-14,16-18H2,1-2H3,(H2,24,25,26);1H. The van der Waals surface area contributed by atoms with Crippen LogP contribution in [0.15, 0.2) is 52.1 Å². The zero-order chi connectivity index (χ0) is 21.0. The van der Waals surface area contributed by atoms with Crippen LogP contribution >= 0.6 is 24.0 Å². The maximum atomic E-state index is 5.62. The average molecular weight is 542 g/mol. The second-order valence-electron chi connectivity index (χ2n) is 7.40. The van der Waals surface area contributed by atoms with Crippen LogP contribution in [0.4, 0.5) is 5.69 Å². The summed E-state index contributed by atoms with van der Waals surface area (Å²) < 4.78 is 16.4. The maximum Gasteiger partial charge on any atom is 0.191 e. The van der Waals surface area contributed by atoms with E-state index in [4.69, 9.17) is 18.9 Å². The first-order valence-electron chi connectivity index (χ1n) is 10.8. The summed E-state index contributed by atoms with van der Waals surface area (Å²) in [4.78, 5) is 7.20. The predicted molar refractivity (Wildman–Crippen MR) is 136 cm³/mol. The van der Waals surface area contributed by atoms with Gasteiger partial charge in [0, 0.05) is 39.3 Å². The van der Waals surface area contributed by atoms with E-state index in [2.05, 4.69) is 34.6 Å². The third-order valence-electron chi connectivity index (χ3n) is 5.15. The summed E-state index contributed by atoms with van der Waals surface area (Å²) in [6, 6.07) is 12.0. The lowest BCUT2D eigenvalue weighted by Crippen LogP contribution is -2.38. The molecule has 1 saturated heterocycles. The van der Waals surface area contributed by atoms with Crippen molar-refractivity contribution in [2.75, 3.05) is 51.3 Å². The number of anilines is 1. The van der Waals surface area contributed by atoms with Crippen LogP contribution in [0.25, 0.3) is 0 Å². The minimum atomic E-state index is 0. The molecule has 1 aliphatic rings. The van der Waals surface area contributed by atoms with Crippen LogP contribution in [-0.4, -0.2) is 52.4 Å². The highest BCUT2D eigenvalue weighted by atomic mass is 127. The van der Waals surface area contributed by atoms with Crippen molar-refractivity contribution < 1.29 is 13.9 Å². The van der Waals surface area contributed by atoms with Crippen LogP contribution in [0.5, 0.6) is 5.75 Å². The van der Waals surface area contributed by atoms with Gasteiger partial charge in [-0.25, -0.2) is 0 Å². The molecular formula is C23H35IN4O3. The zero-order valence-corrected chi connectivity index (χ0v) is 20.8. The van der Waals surface area contributed by atoms with Crippen molar-refractivity contribution in [2.45, 2.75) is 26.4 Å². The molecule has 0 radical (unpaired) electrons. The van der Waals surface area contributed by atoms with E-state index >= 15 is 0 Å². The molecule has 31 heavy (non-hydrogen) atoms. The van der Waals surface area contributed by atoms with Crippen molar-refractivity contribution in [1.82, 2.24) is 10.6 Å². The van der Waals surface area contributed by atoms with E-state index in [0.717, 1.165) is 63.0 Å². The fourth-order valence-corrected chi connectivity index (χ4v) is 3.60. The summed E-state index contributed by atoms with van der Waals surface area (Å²) in [5, 5.41) is 6.73. The fraction of sp³-hybridized carbons (Fsp3) is 0.522. The van der Waals surface area contributed by atoms with E-state index in [1.54, 1.807) is 13.4 Å². The summed E-state index contributed by atoms with van der Waals surface area (Å²) in [5.74, 6) is 3.21. The molecule has 0 amide bonds. The number of nitrogens with zero attached hydrogens (tertiary/aromatic N) is 2. The molecule has 0 saturated carbocycles. The minimum absolute atomic E-state index is 0. The Morgan fingerprint density at radius 3 is 2.87 bits per heavy atom. The van der Waals surface area contributed by atoms with E-state index in [9.17, 15) is 0 Å². The number of halogens is 1. The van der Waals surface area contributed by atoms with Crippen LogP contribution in [-0.2, 0) is 11.3 Å². The fourth-order valence-electron chi connectivity index (χ4n) is 3.60. The largest absolute Gasteiger partial charge is 0.495 e. The SMILES string of the molecule is CCNC(=NCC1CCN(c2ccccc2OC)C1)NCCCOCc1ccco1.I. The van der Waals surface area contributed by atoms with E-state index < -0.39 is 0 Å². The smallest absolute Gasteiger partial charge is 0.191 e. The van der Waals surface area contributed by atoms with E-state index in [-0.39, 0.29) is 24.0 Å². The van der Waals surface area contributed by atoms with Gasteiger partial charge in [-0.1, -0.05) is 12.1 Å². The van der Waals surface area contributed by atoms with E-state index in [0.29, 0.717) is 19.1 Å². The average Bonchev–Trinajstić information content (AvgIpc) is 3.46. The van der Waals surface area contributed by atoms with Gasteiger partial charge in [0.05, 0.1) is 19.1 Å². The Hall–Kier alpha value is -1.94. The number of nitrogens with one attached hydrogen (secondary N) is 2. The zero-order valence-electron chi connectivity index (χ0n) is 18.5. The molecule has 1 atom stereocenters. The first-order valence-corrected chi connectivity index (χ1v) is 10.8. The lowest BCUT2D eigenvalue weighted by Gasteiger charge is -2.21. The van der Waals surface area contributed by atoms with Gasteiger partial charge < -0.3 is 29.4 Å². The normalized spacial score (nSPS) is 16.1. The van der Waals surface area contributed by atoms with Crippen molar-refractivity contribution in [2.24, 2.45) is 10.9 Å². The van der Waals surface area contributed by atoms with Crippen molar-refractivity contribution in [1.29, 1.82) is 0 Å². The van der Waals surface area contributed by atoms with Gasteiger partial charge in [0.1, 0.15) is 18.1 Å². The number of para-hydroxylation sites is 2. The molecule has 1 aromatic heterocycles. The Kier molecular flexibility index (Phi) is 11.6. The topological polar surface area (TPSA) is 71.3 Å². The number of aliphatic imine (C=N–C) groups is 1. The monoisotopic (exact) mass is 542 g/mol. The first-order chi connectivity index (χ1) is 14.8. The molecule has 3 rings (SSSR count). The molecule has 0 spiro atoms. The van der Waals surface area contributed by atoms with Crippen molar-refractivity contribution in [3.8, 4) is 5.75 Å². The van der Waals surface area contributed by atoms with Gasteiger partial charge in [-0.05, 0) is 49.9 Å². The molecule has 1 aromatic carbocycles. The molecular weight excluding hydrogens is 507 g/mol. The van der Waals surface area contributed by atoms with Crippen LogP contribution in [0.1, 0.15) is 25.5 Å². The van der Waals surface area contributed by atoms with Crippen molar-refractivity contribution >= 4 is 35.6 Å². The Labute approximate surface area is 202 Å².